The fraction of sp³-hybridized carbons (Fsp3) is 0.524. The summed E-state index contributed by atoms with van der Waals surface area (Å²) in [5.41, 5.74) is 2.85. The van der Waals surface area contributed by atoms with Gasteiger partial charge in [-0.25, -0.2) is 0 Å². The second-order valence-corrected chi connectivity index (χ2v) is 7.40. The summed E-state index contributed by atoms with van der Waals surface area (Å²) in [4.78, 5) is 4.38. The summed E-state index contributed by atoms with van der Waals surface area (Å²) in [5.74, 6) is 0.858. The molecule has 0 amide bonds. The van der Waals surface area contributed by atoms with Gasteiger partial charge in [0.15, 0.2) is 5.96 Å². The van der Waals surface area contributed by atoms with Crippen LogP contribution in [-0.4, -0.2) is 43.0 Å². The third-order valence-electron chi connectivity index (χ3n) is 5.46. The molecule has 0 bridgehead atoms. The lowest BCUT2D eigenvalue weighted by atomic mass is 9.67. The molecule has 154 valence electrons. The molecule has 0 aliphatic heterocycles. The number of aliphatic imine (C=N–C) groups is 1. The van der Waals surface area contributed by atoms with E-state index in [0.717, 1.165) is 38.6 Å². The van der Waals surface area contributed by atoms with E-state index in [1.165, 1.54) is 30.4 Å². The average molecular weight is 497 g/mol. The first-order chi connectivity index (χ1) is 13.2. The molecule has 1 aliphatic rings. The molecule has 1 aromatic carbocycles. The SMILES string of the molecule is CN=C(NCc1cccc(Cn2cccn2)c1)NCC1(CCOC)CCC1.I. The molecule has 0 unspecified atom stereocenters. The van der Waals surface area contributed by atoms with Crippen LogP contribution in [0.25, 0.3) is 0 Å². The molecular weight excluding hydrogens is 465 g/mol. The van der Waals surface area contributed by atoms with E-state index in [9.17, 15) is 0 Å². The van der Waals surface area contributed by atoms with Crippen molar-refractivity contribution in [3.05, 3.63) is 53.9 Å². The molecule has 1 aliphatic carbocycles. The Morgan fingerprint density at radius 1 is 1.25 bits per heavy atom. The number of rotatable bonds is 9. The van der Waals surface area contributed by atoms with Crippen LogP contribution in [0.1, 0.15) is 36.8 Å². The average Bonchev–Trinajstić information content (AvgIpc) is 3.16. The normalized spacial score (nSPS) is 15.4. The Morgan fingerprint density at radius 3 is 2.71 bits per heavy atom. The number of nitrogens with one attached hydrogen (secondary N) is 2. The van der Waals surface area contributed by atoms with Crippen molar-refractivity contribution < 1.29 is 4.74 Å². The Hall–Kier alpha value is -1.61. The van der Waals surface area contributed by atoms with E-state index in [4.69, 9.17) is 4.74 Å². The molecule has 1 saturated carbocycles. The van der Waals surface area contributed by atoms with Gasteiger partial charge < -0.3 is 15.4 Å². The number of ether oxygens (including phenoxy) is 1. The number of methoxy groups -OCH3 is 1. The third-order valence-corrected chi connectivity index (χ3v) is 5.46. The molecule has 0 radical (unpaired) electrons. The Morgan fingerprint density at radius 2 is 2.07 bits per heavy atom. The quantitative estimate of drug-likeness (QED) is 0.317. The second kappa shape index (κ2) is 11.4. The minimum atomic E-state index is 0. The van der Waals surface area contributed by atoms with Crippen molar-refractivity contribution in [1.82, 2.24) is 20.4 Å². The number of benzene rings is 1. The van der Waals surface area contributed by atoms with E-state index >= 15 is 0 Å². The molecule has 7 heteroatoms. The maximum Gasteiger partial charge on any atom is 0.191 e. The largest absolute Gasteiger partial charge is 0.385 e. The number of hydrogen-bond donors (Lipinski definition) is 2. The van der Waals surface area contributed by atoms with Gasteiger partial charge in [0.2, 0.25) is 0 Å². The highest BCUT2D eigenvalue weighted by molar-refractivity contribution is 14.0. The lowest BCUT2D eigenvalue weighted by molar-refractivity contribution is 0.0732. The van der Waals surface area contributed by atoms with Crippen LogP contribution in [-0.2, 0) is 17.8 Å². The zero-order valence-electron chi connectivity index (χ0n) is 16.9. The van der Waals surface area contributed by atoms with Crippen molar-refractivity contribution in [2.75, 3.05) is 27.3 Å². The van der Waals surface area contributed by atoms with Crippen LogP contribution in [0, 0.1) is 5.41 Å². The van der Waals surface area contributed by atoms with Gasteiger partial charge in [0.1, 0.15) is 0 Å². The molecule has 6 nitrogen and oxygen atoms in total. The summed E-state index contributed by atoms with van der Waals surface area (Å²) >= 11 is 0. The van der Waals surface area contributed by atoms with Crippen LogP contribution in [0.15, 0.2) is 47.7 Å². The van der Waals surface area contributed by atoms with E-state index in [-0.39, 0.29) is 24.0 Å². The highest BCUT2D eigenvalue weighted by Crippen LogP contribution is 2.43. The maximum absolute atomic E-state index is 5.28. The lowest BCUT2D eigenvalue weighted by Crippen LogP contribution is -2.46. The van der Waals surface area contributed by atoms with Crippen LogP contribution in [0.4, 0.5) is 0 Å². The third kappa shape index (κ3) is 6.48. The molecule has 1 heterocycles. The van der Waals surface area contributed by atoms with E-state index in [1.54, 1.807) is 7.11 Å². The fourth-order valence-corrected chi connectivity index (χ4v) is 3.61. The lowest BCUT2D eigenvalue weighted by Gasteiger charge is -2.42. The van der Waals surface area contributed by atoms with Crippen LogP contribution >= 0.6 is 24.0 Å². The number of halogens is 1. The van der Waals surface area contributed by atoms with Gasteiger partial charge in [0.05, 0.1) is 6.54 Å². The van der Waals surface area contributed by atoms with Gasteiger partial charge in [-0.05, 0) is 41.9 Å². The first kappa shape index (κ1) is 22.7. The smallest absolute Gasteiger partial charge is 0.191 e. The highest BCUT2D eigenvalue weighted by Gasteiger charge is 2.36. The van der Waals surface area contributed by atoms with Crippen LogP contribution in [0.2, 0.25) is 0 Å². The molecule has 2 aromatic rings. The van der Waals surface area contributed by atoms with Crippen molar-refractivity contribution in [1.29, 1.82) is 0 Å². The van der Waals surface area contributed by atoms with Crippen LogP contribution in [0.3, 0.4) is 0 Å². The monoisotopic (exact) mass is 497 g/mol. The van der Waals surface area contributed by atoms with Gasteiger partial charge in [-0.1, -0.05) is 30.7 Å². The number of nitrogens with zero attached hydrogens (tertiary/aromatic N) is 3. The zero-order chi connectivity index (χ0) is 19.0. The van der Waals surface area contributed by atoms with Crippen LogP contribution in [0.5, 0.6) is 0 Å². The predicted octanol–water partition coefficient (Wildman–Crippen LogP) is 3.42. The number of aromatic nitrogens is 2. The molecule has 0 atom stereocenters. The Kier molecular flexibility index (Phi) is 9.24. The molecule has 1 fully saturated rings. The van der Waals surface area contributed by atoms with E-state index in [0.29, 0.717) is 5.41 Å². The van der Waals surface area contributed by atoms with Crippen molar-refractivity contribution in [3.8, 4) is 0 Å². The summed E-state index contributed by atoms with van der Waals surface area (Å²) in [5, 5.41) is 11.2. The summed E-state index contributed by atoms with van der Waals surface area (Å²) in [6.45, 7) is 3.32. The fourth-order valence-electron chi connectivity index (χ4n) is 3.61. The predicted molar refractivity (Wildman–Crippen MR) is 124 cm³/mol. The zero-order valence-corrected chi connectivity index (χ0v) is 19.2. The van der Waals surface area contributed by atoms with Gasteiger partial charge in [-0.15, -0.1) is 24.0 Å². The van der Waals surface area contributed by atoms with Gasteiger partial charge in [-0.2, -0.15) is 5.10 Å². The molecule has 0 spiro atoms. The van der Waals surface area contributed by atoms with E-state index < -0.39 is 0 Å². The molecule has 0 saturated heterocycles. The molecular formula is C21H32IN5O. The second-order valence-electron chi connectivity index (χ2n) is 7.40. The van der Waals surface area contributed by atoms with Gasteiger partial charge in [0, 0.05) is 46.2 Å². The Labute approximate surface area is 185 Å². The summed E-state index contributed by atoms with van der Waals surface area (Å²) in [6.07, 6.45) is 8.77. The molecule has 3 rings (SSSR count). The van der Waals surface area contributed by atoms with Gasteiger partial charge in [-0.3, -0.25) is 9.67 Å². The highest BCUT2D eigenvalue weighted by atomic mass is 127. The molecule has 1 aromatic heterocycles. The van der Waals surface area contributed by atoms with Crippen LogP contribution < -0.4 is 10.6 Å². The number of guanidine groups is 1. The summed E-state index contributed by atoms with van der Waals surface area (Å²) in [6, 6.07) is 10.5. The molecule has 2 N–H and O–H groups in total. The van der Waals surface area contributed by atoms with Crippen molar-refractivity contribution >= 4 is 29.9 Å². The standard InChI is InChI=1S/C21H31N5O.HI/c1-22-20(24-17-21(8-4-9-21)10-13-27-2)23-15-18-6-3-7-19(14-18)16-26-12-5-11-25-26;/h3,5-7,11-12,14H,4,8-10,13,15-17H2,1-2H3,(H2,22,23,24);1H. The van der Waals surface area contributed by atoms with Crippen molar-refractivity contribution in [2.45, 2.75) is 38.8 Å². The summed E-state index contributed by atoms with van der Waals surface area (Å²) in [7, 11) is 3.60. The minimum absolute atomic E-state index is 0. The van der Waals surface area contributed by atoms with E-state index in [2.05, 4.69) is 45.0 Å². The minimum Gasteiger partial charge on any atom is -0.385 e. The van der Waals surface area contributed by atoms with Crippen molar-refractivity contribution in [3.63, 3.8) is 0 Å². The molecule has 28 heavy (non-hydrogen) atoms. The Bertz CT molecular complexity index is 728. The Balaban J connectivity index is 0.00000280. The number of hydrogen-bond acceptors (Lipinski definition) is 3. The van der Waals surface area contributed by atoms with Gasteiger partial charge >= 0.3 is 0 Å². The van der Waals surface area contributed by atoms with E-state index in [1.807, 2.05) is 30.2 Å². The first-order valence-electron chi connectivity index (χ1n) is 9.72. The topological polar surface area (TPSA) is 63.5 Å². The maximum atomic E-state index is 5.28. The summed E-state index contributed by atoms with van der Waals surface area (Å²) < 4.78 is 7.22. The first-order valence-corrected chi connectivity index (χ1v) is 9.72. The van der Waals surface area contributed by atoms with Crippen molar-refractivity contribution in [2.24, 2.45) is 10.4 Å². The van der Waals surface area contributed by atoms with Gasteiger partial charge in [0.25, 0.3) is 0 Å².